The largest absolute Gasteiger partial charge is 0.461 e. The molecule has 1 atom stereocenters. The molecule has 2 rings (SSSR count). The molecule has 2 saturated heterocycles. The molecule has 2 aliphatic heterocycles. The van der Waals surface area contributed by atoms with E-state index in [-0.39, 0.29) is 30.0 Å². The Bertz CT molecular complexity index is 288. The molecule has 0 radical (unpaired) electrons. The van der Waals surface area contributed by atoms with Crippen molar-refractivity contribution >= 4 is 13.0 Å². The normalized spacial score (nSPS) is 32.6. The van der Waals surface area contributed by atoms with Crippen molar-refractivity contribution in [1.29, 1.82) is 0 Å². The molecule has 90 valence electrons. The van der Waals surface area contributed by atoms with Crippen LogP contribution in [0.1, 0.15) is 40.5 Å². The van der Waals surface area contributed by atoms with Gasteiger partial charge in [-0.1, -0.05) is 0 Å². The lowest BCUT2D eigenvalue weighted by Crippen LogP contribution is -2.41. The van der Waals surface area contributed by atoms with Crippen LogP contribution in [0.3, 0.4) is 0 Å². The first-order valence-electron chi connectivity index (χ1n) is 5.94. The second-order valence-corrected chi connectivity index (χ2v) is 5.73. The van der Waals surface area contributed by atoms with Crippen LogP contribution >= 0.6 is 0 Å². The van der Waals surface area contributed by atoms with Crippen molar-refractivity contribution in [3.8, 4) is 0 Å². The molecule has 1 N–H and O–H groups in total. The fourth-order valence-corrected chi connectivity index (χ4v) is 2.12. The van der Waals surface area contributed by atoms with E-state index >= 15 is 0 Å². The van der Waals surface area contributed by atoms with E-state index in [0.717, 1.165) is 13.0 Å². The molecule has 2 fully saturated rings. The van der Waals surface area contributed by atoms with Crippen LogP contribution in [-0.2, 0) is 14.1 Å². The zero-order valence-corrected chi connectivity index (χ0v) is 10.5. The molecule has 0 saturated carbocycles. The van der Waals surface area contributed by atoms with E-state index in [2.05, 4.69) is 5.32 Å². The minimum absolute atomic E-state index is 0.103. The second kappa shape index (κ2) is 3.74. The van der Waals surface area contributed by atoms with E-state index in [0.29, 0.717) is 6.42 Å². The molecule has 0 spiro atoms. The molecular weight excluding hydrogens is 205 g/mol. The molecule has 0 aliphatic carbocycles. The first-order chi connectivity index (χ1) is 7.32. The summed E-state index contributed by atoms with van der Waals surface area (Å²) in [5.41, 5.74) is -0.600. The van der Waals surface area contributed by atoms with Crippen LogP contribution in [0.5, 0.6) is 0 Å². The van der Waals surface area contributed by atoms with Crippen LogP contribution in [0.15, 0.2) is 0 Å². The number of carbonyl (C=O) groups is 1. The Balaban J connectivity index is 2.05. The summed E-state index contributed by atoms with van der Waals surface area (Å²) >= 11 is 0. The Morgan fingerprint density at radius 1 is 1.25 bits per heavy atom. The fourth-order valence-electron chi connectivity index (χ4n) is 2.12. The van der Waals surface area contributed by atoms with Crippen molar-refractivity contribution in [3.63, 3.8) is 0 Å². The molecule has 0 aromatic heterocycles. The molecule has 5 heteroatoms. The summed E-state index contributed by atoms with van der Waals surface area (Å²) in [5, 5.41) is 2.83. The van der Waals surface area contributed by atoms with Crippen molar-refractivity contribution in [2.24, 2.45) is 0 Å². The fraction of sp³-hybridized carbons (Fsp3) is 0.909. The lowest BCUT2D eigenvalue weighted by Gasteiger charge is -2.32. The summed E-state index contributed by atoms with van der Waals surface area (Å²) < 4.78 is 11.9. The molecular formula is C11H20BNO3. The van der Waals surface area contributed by atoms with Crippen LogP contribution in [0.2, 0.25) is 5.82 Å². The predicted octanol–water partition coefficient (Wildman–Crippen LogP) is 1.36. The third-order valence-electron chi connectivity index (χ3n) is 3.94. The van der Waals surface area contributed by atoms with Gasteiger partial charge in [0, 0.05) is 18.8 Å². The average Bonchev–Trinajstić information content (AvgIpc) is 2.36. The lowest BCUT2D eigenvalue weighted by atomic mass is 9.67. The molecule has 0 aromatic rings. The first kappa shape index (κ1) is 11.9. The maximum Gasteiger partial charge on any atom is 0.461 e. The Labute approximate surface area is 97.2 Å². The van der Waals surface area contributed by atoms with Gasteiger partial charge in [-0.2, -0.15) is 0 Å². The molecule has 0 unspecified atom stereocenters. The Kier molecular flexibility index (Phi) is 2.79. The van der Waals surface area contributed by atoms with E-state index in [1.807, 2.05) is 27.7 Å². The topological polar surface area (TPSA) is 47.6 Å². The van der Waals surface area contributed by atoms with E-state index in [9.17, 15) is 4.79 Å². The lowest BCUT2D eigenvalue weighted by molar-refractivity contribution is -0.122. The van der Waals surface area contributed by atoms with Gasteiger partial charge in [-0.15, -0.1) is 0 Å². The number of hydrogen-bond donors (Lipinski definition) is 1. The van der Waals surface area contributed by atoms with Crippen molar-refractivity contribution in [3.05, 3.63) is 0 Å². The average molecular weight is 225 g/mol. The quantitative estimate of drug-likeness (QED) is 0.685. The van der Waals surface area contributed by atoms with E-state index in [4.69, 9.17) is 9.31 Å². The molecule has 0 aromatic carbocycles. The van der Waals surface area contributed by atoms with Crippen molar-refractivity contribution in [1.82, 2.24) is 5.32 Å². The number of rotatable bonds is 1. The van der Waals surface area contributed by atoms with Crippen LogP contribution in [-0.4, -0.2) is 30.8 Å². The van der Waals surface area contributed by atoms with Crippen LogP contribution in [0, 0.1) is 0 Å². The van der Waals surface area contributed by atoms with Crippen molar-refractivity contribution in [2.45, 2.75) is 57.6 Å². The van der Waals surface area contributed by atoms with Gasteiger partial charge in [0.2, 0.25) is 5.91 Å². The van der Waals surface area contributed by atoms with Crippen LogP contribution < -0.4 is 5.32 Å². The van der Waals surface area contributed by atoms with Gasteiger partial charge < -0.3 is 14.6 Å². The Morgan fingerprint density at radius 3 is 2.31 bits per heavy atom. The maximum absolute atomic E-state index is 11.3. The van der Waals surface area contributed by atoms with E-state index in [1.54, 1.807) is 0 Å². The van der Waals surface area contributed by atoms with Gasteiger partial charge in [-0.25, -0.2) is 0 Å². The molecule has 4 nitrogen and oxygen atoms in total. The highest BCUT2D eigenvalue weighted by Gasteiger charge is 2.54. The predicted molar refractivity (Wildman–Crippen MR) is 62.1 cm³/mol. The Hall–Kier alpha value is -0.545. The highest BCUT2D eigenvalue weighted by atomic mass is 16.7. The summed E-state index contributed by atoms with van der Waals surface area (Å²) in [6.45, 7) is 8.88. The van der Waals surface area contributed by atoms with Gasteiger partial charge in [0.15, 0.2) is 0 Å². The minimum atomic E-state index is -0.300. The smallest absolute Gasteiger partial charge is 0.403 e. The van der Waals surface area contributed by atoms with E-state index < -0.39 is 0 Å². The molecule has 0 bridgehead atoms. The second-order valence-electron chi connectivity index (χ2n) is 5.73. The monoisotopic (exact) mass is 225 g/mol. The number of nitrogens with one attached hydrogen (secondary N) is 1. The number of carbonyl (C=O) groups excluding carboxylic acids is 1. The van der Waals surface area contributed by atoms with Gasteiger partial charge in [0.05, 0.1) is 11.2 Å². The number of amides is 1. The summed E-state index contributed by atoms with van der Waals surface area (Å²) in [7, 11) is -0.240. The maximum atomic E-state index is 11.3. The standard InChI is InChI=1S/C11H20BNO3/c1-10(2)11(3,4)16-12(15-10)8-5-6-13-9(14)7-8/h8H,5-7H2,1-4H3,(H,13,14)/t8-/m1/s1. The SMILES string of the molecule is CC1(C)OB([C@@H]2CCNC(=O)C2)OC1(C)C. The van der Waals surface area contributed by atoms with Gasteiger partial charge in [-0.05, 0) is 34.1 Å². The highest BCUT2D eigenvalue weighted by molar-refractivity contribution is 6.48. The summed E-state index contributed by atoms with van der Waals surface area (Å²) in [5.74, 6) is 0.292. The summed E-state index contributed by atoms with van der Waals surface area (Å²) in [6.07, 6.45) is 1.44. The van der Waals surface area contributed by atoms with Crippen molar-refractivity contribution in [2.75, 3.05) is 6.54 Å². The third kappa shape index (κ3) is 1.98. The summed E-state index contributed by atoms with van der Waals surface area (Å²) in [4.78, 5) is 11.3. The molecule has 2 heterocycles. The third-order valence-corrected chi connectivity index (χ3v) is 3.94. The molecule has 16 heavy (non-hydrogen) atoms. The van der Waals surface area contributed by atoms with Gasteiger partial charge >= 0.3 is 7.12 Å². The van der Waals surface area contributed by atoms with Gasteiger partial charge in [0.25, 0.3) is 0 Å². The van der Waals surface area contributed by atoms with Crippen LogP contribution in [0.4, 0.5) is 0 Å². The number of hydrogen-bond acceptors (Lipinski definition) is 3. The highest BCUT2D eigenvalue weighted by Crippen LogP contribution is 2.41. The zero-order valence-electron chi connectivity index (χ0n) is 10.5. The molecule has 1 amide bonds. The number of piperidine rings is 1. The van der Waals surface area contributed by atoms with Gasteiger partial charge in [0.1, 0.15) is 0 Å². The summed E-state index contributed by atoms with van der Waals surface area (Å²) in [6, 6.07) is 0. The van der Waals surface area contributed by atoms with Gasteiger partial charge in [-0.3, -0.25) is 4.79 Å². The van der Waals surface area contributed by atoms with Crippen molar-refractivity contribution < 1.29 is 14.1 Å². The first-order valence-corrected chi connectivity index (χ1v) is 5.94. The molecule has 2 aliphatic rings. The van der Waals surface area contributed by atoms with Crippen LogP contribution in [0.25, 0.3) is 0 Å². The van der Waals surface area contributed by atoms with E-state index in [1.165, 1.54) is 0 Å². The zero-order chi connectivity index (χ0) is 12.0. The Morgan fingerprint density at radius 2 is 1.81 bits per heavy atom. The minimum Gasteiger partial charge on any atom is -0.403 e.